The van der Waals surface area contributed by atoms with E-state index in [2.05, 4.69) is 17.1 Å². The van der Waals surface area contributed by atoms with Gasteiger partial charge in [0.25, 0.3) is 5.91 Å². The molecule has 7 heteroatoms. The Bertz CT molecular complexity index is 741. The number of likely N-dealkylation sites (tertiary alicyclic amines) is 1. The van der Waals surface area contributed by atoms with Gasteiger partial charge >= 0.3 is 0 Å². The molecule has 0 radical (unpaired) electrons. The number of rotatable bonds is 2. The fraction of sp³-hybridized carbons (Fsp3) is 0.500. The summed E-state index contributed by atoms with van der Waals surface area (Å²) in [7, 11) is 0. The maximum absolute atomic E-state index is 13.3. The van der Waals surface area contributed by atoms with E-state index in [0.29, 0.717) is 37.4 Å². The highest BCUT2D eigenvalue weighted by molar-refractivity contribution is 5.97. The second-order valence-corrected chi connectivity index (χ2v) is 6.58. The van der Waals surface area contributed by atoms with Crippen LogP contribution in [0.1, 0.15) is 36.5 Å². The van der Waals surface area contributed by atoms with Gasteiger partial charge in [0.1, 0.15) is 0 Å². The molecule has 1 amide bonds. The van der Waals surface area contributed by atoms with Crippen LogP contribution in [0.2, 0.25) is 0 Å². The topological polar surface area (TPSA) is 69.5 Å². The number of hydrogen-bond donors (Lipinski definition) is 0. The van der Waals surface area contributed by atoms with Crippen molar-refractivity contribution in [1.29, 1.82) is 0 Å². The third-order valence-corrected chi connectivity index (χ3v) is 5.05. The number of carbonyl (C=O) groups excluding carboxylic acids is 1. The zero-order valence-corrected chi connectivity index (χ0v) is 14.3. The van der Waals surface area contributed by atoms with Crippen LogP contribution in [-0.2, 0) is 9.47 Å². The first-order valence-corrected chi connectivity index (χ1v) is 8.73. The summed E-state index contributed by atoms with van der Waals surface area (Å²) in [4.78, 5) is 16.7. The molecule has 7 nitrogen and oxygen atoms in total. The van der Waals surface area contributed by atoms with Crippen LogP contribution >= 0.6 is 0 Å². The summed E-state index contributed by atoms with van der Waals surface area (Å²) in [5, 5.41) is 8.33. The van der Waals surface area contributed by atoms with Crippen LogP contribution in [0.15, 0.2) is 36.7 Å². The standard InChI is InChI=1S/C18H22N4O3/c1-14-6-7-18(24-12-13-25-18)8-11-21(14)17(23)15-4-2-3-5-16(15)22-19-9-10-20-22/h2-5,9-10,14H,6-8,11-13H2,1H3. The maximum atomic E-state index is 13.3. The average Bonchev–Trinajstić information content (AvgIpc) is 3.29. The number of aromatic nitrogens is 3. The molecule has 2 saturated heterocycles. The first kappa shape index (κ1) is 16.2. The Morgan fingerprint density at radius 1 is 1.16 bits per heavy atom. The highest BCUT2D eigenvalue weighted by Gasteiger charge is 2.41. The van der Waals surface area contributed by atoms with Crippen molar-refractivity contribution in [2.45, 2.75) is 38.0 Å². The van der Waals surface area contributed by atoms with Crippen LogP contribution in [0, 0.1) is 0 Å². The van der Waals surface area contributed by atoms with Crippen molar-refractivity contribution in [2.24, 2.45) is 0 Å². The lowest BCUT2D eigenvalue weighted by Gasteiger charge is -2.28. The van der Waals surface area contributed by atoms with E-state index in [1.165, 1.54) is 4.80 Å². The van der Waals surface area contributed by atoms with Gasteiger partial charge in [-0.2, -0.15) is 15.0 Å². The van der Waals surface area contributed by atoms with Crippen molar-refractivity contribution >= 4 is 5.91 Å². The molecule has 2 aromatic rings. The molecule has 4 rings (SSSR count). The van der Waals surface area contributed by atoms with Gasteiger partial charge in [-0.05, 0) is 25.5 Å². The van der Waals surface area contributed by atoms with Crippen molar-refractivity contribution in [3.05, 3.63) is 42.2 Å². The Kier molecular flexibility index (Phi) is 4.27. The van der Waals surface area contributed by atoms with Gasteiger partial charge in [0.15, 0.2) is 5.79 Å². The van der Waals surface area contributed by atoms with E-state index in [0.717, 1.165) is 12.8 Å². The predicted molar refractivity (Wildman–Crippen MR) is 90.3 cm³/mol. The van der Waals surface area contributed by atoms with Crippen LogP contribution in [0.4, 0.5) is 0 Å². The van der Waals surface area contributed by atoms with E-state index < -0.39 is 5.79 Å². The molecule has 0 bridgehead atoms. The third-order valence-electron chi connectivity index (χ3n) is 5.05. The van der Waals surface area contributed by atoms with Crippen LogP contribution in [0.25, 0.3) is 5.69 Å². The maximum Gasteiger partial charge on any atom is 0.256 e. The number of hydrogen-bond acceptors (Lipinski definition) is 5. The fourth-order valence-corrected chi connectivity index (χ4v) is 3.63. The minimum absolute atomic E-state index is 0.00422. The van der Waals surface area contributed by atoms with Gasteiger partial charge in [-0.3, -0.25) is 4.79 Å². The number of para-hydroxylation sites is 1. The molecular weight excluding hydrogens is 320 g/mol. The molecule has 0 N–H and O–H groups in total. The number of nitrogens with zero attached hydrogens (tertiary/aromatic N) is 4. The number of carbonyl (C=O) groups is 1. The molecule has 2 aliphatic rings. The molecule has 0 saturated carbocycles. The summed E-state index contributed by atoms with van der Waals surface area (Å²) in [5.41, 5.74) is 1.30. The molecule has 1 atom stereocenters. The SMILES string of the molecule is CC1CCC2(CCN1C(=O)c1ccccc1-n1nccn1)OCCO2. The van der Waals surface area contributed by atoms with Crippen LogP contribution < -0.4 is 0 Å². The highest BCUT2D eigenvalue weighted by Crippen LogP contribution is 2.34. The van der Waals surface area contributed by atoms with Crippen molar-refractivity contribution in [3.63, 3.8) is 0 Å². The van der Waals surface area contributed by atoms with Gasteiger partial charge in [0.05, 0.1) is 36.9 Å². The molecule has 25 heavy (non-hydrogen) atoms. The van der Waals surface area contributed by atoms with E-state index >= 15 is 0 Å². The summed E-state index contributed by atoms with van der Waals surface area (Å²) in [6.45, 7) is 3.97. The van der Waals surface area contributed by atoms with E-state index in [4.69, 9.17) is 9.47 Å². The Balaban J connectivity index is 1.60. The zero-order chi connectivity index (χ0) is 17.3. The van der Waals surface area contributed by atoms with Crippen molar-refractivity contribution in [3.8, 4) is 5.69 Å². The van der Waals surface area contributed by atoms with E-state index in [1.807, 2.05) is 29.2 Å². The molecule has 3 heterocycles. The molecule has 1 spiro atoms. The normalized spacial score (nSPS) is 22.9. The number of amides is 1. The van der Waals surface area contributed by atoms with E-state index in [-0.39, 0.29) is 11.9 Å². The zero-order valence-electron chi connectivity index (χ0n) is 14.3. The minimum atomic E-state index is -0.508. The highest BCUT2D eigenvalue weighted by atomic mass is 16.7. The molecule has 0 aliphatic carbocycles. The summed E-state index contributed by atoms with van der Waals surface area (Å²) in [6, 6.07) is 7.57. The molecular formula is C18H22N4O3. The second-order valence-electron chi connectivity index (χ2n) is 6.58. The summed E-state index contributed by atoms with van der Waals surface area (Å²) >= 11 is 0. The van der Waals surface area contributed by atoms with Gasteiger partial charge in [0.2, 0.25) is 0 Å². The van der Waals surface area contributed by atoms with E-state index in [1.54, 1.807) is 12.4 Å². The Morgan fingerprint density at radius 3 is 2.64 bits per heavy atom. The quantitative estimate of drug-likeness (QED) is 0.835. The number of benzene rings is 1. The molecule has 2 fully saturated rings. The second kappa shape index (κ2) is 6.57. The predicted octanol–water partition coefficient (Wildman–Crippen LogP) is 2.02. The van der Waals surface area contributed by atoms with Crippen LogP contribution in [0.5, 0.6) is 0 Å². The van der Waals surface area contributed by atoms with Crippen molar-refractivity contribution < 1.29 is 14.3 Å². The monoisotopic (exact) mass is 342 g/mol. The largest absolute Gasteiger partial charge is 0.347 e. The van der Waals surface area contributed by atoms with Crippen LogP contribution in [-0.4, -0.2) is 57.4 Å². The lowest BCUT2D eigenvalue weighted by Crippen LogP contribution is -2.39. The Hall–Kier alpha value is -2.25. The third kappa shape index (κ3) is 3.05. The fourth-order valence-electron chi connectivity index (χ4n) is 3.63. The molecule has 1 unspecified atom stereocenters. The van der Waals surface area contributed by atoms with Gasteiger partial charge in [-0.15, -0.1) is 0 Å². The lowest BCUT2D eigenvalue weighted by molar-refractivity contribution is -0.163. The average molecular weight is 342 g/mol. The van der Waals surface area contributed by atoms with E-state index in [9.17, 15) is 4.79 Å². The van der Waals surface area contributed by atoms with Gasteiger partial charge in [-0.1, -0.05) is 12.1 Å². The van der Waals surface area contributed by atoms with Gasteiger partial charge in [-0.25, -0.2) is 0 Å². The van der Waals surface area contributed by atoms with Gasteiger partial charge < -0.3 is 14.4 Å². The minimum Gasteiger partial charge on any atom is -0.347 e. The summed E-state index contributed by atoms with van der Waals surface area (Å²) < 4.78 is 11.7. The lowest BCUT2D eigenvalue weighted by atomic mass is 10.1. The first-order valence-electron chi connectivity index (χ1n) is 8.73. The Labute approximate surface area is 146 Å². The molecule has 2 aliphatic heterocycles. The smallest absolute Gasteiger partial charge is 0.256 e. The summed E-state index contributed by atoms with van der Waals surface area (Å²) in [5.74, 6) is -0.512. The van der Waals surface area contributed by atoms with Crippen LogP contribution in [0.3, 0.4) is 0 Å². The van der Waals surface area contributed by atoms with Crippen molar-refractivity contribution in [1.82, 2.24) is 19.9 Å². The number of ether oxygens (including phenoxy) is 2. The van der Waals surface area contributed by atoms with Gasteiger partial charge in [0, 0.05) is 25.4 Å². The molecule has 1 aromatic heterocycles. The molecule has 132 valence electrons. The molecule has 1 aromatic carbocycles. The summed E-state index contributed by atoms with van der Waals surface area (Å²) in [6.07, 6.45) is 5.59. The first-order chi connectivity index (χ1) is 12.2. The van der Waals surface area contributed by atoms with Crippen molar-refractivity contribution in [2.75, 3.05) is 19.8 Å². The Morgan fingerprint density at radius 2 is 1.88 bits per heavy atom.